The summed E-state index contributed by atoms with van der Waals surface area (Å²) in [7, 11) is 0. The van der Waals surface area contributed by atoms with Gasteiger partial charge in [0, 0.05) is 69.5 Å². The van der Waals surface area contributed by atoms with Gasteiger partial charge in [-0.1, -0.05) is 18.3 Å². The maximum absolute atomic E-state index is 12.7. The third-order valence-corrected chi connectivity index (χ3v) is 10.4. The van der Waals surface area contributed by atoms with Gasteiger partial charge in [-0.05, 0) is 13.3 Å². The van der Waals surface area contributed by atoms with E-state index < -0.39 is 12.0 Å². The number of nitrogens with two attached hydrogens (primary N) is 1. The van der Waals surface area contributed by atoms with E-state index in [1.807, 2.05) is 17.7 Å². The molecular weight excluding hydrogens is 601 g/mol. The van der Waals surface area contributed by atoms with E-state index >= 15 is 0 Å². The zero-order valence-corrected chi connectivity index (χ0v) is 23.5. The lowest BCUT2D eigenvalue weighted by atomic mass is 9.79. The van der Waals surface area contributed by atoms with Crippen LogP contribution in [0.15, 0.2) is 23.0 Å². The fraction of sp³-hybridized carbons (Fsp3) is 0.565. The van der Waals surface area contributed by atoms with Crippen LogP contribution < -0.4 is 15.6 Å². The third-order valence-electron chi connectivity index (χ3n) is 7.32. The largest absolute Gasteiger partial charge is 0.393 e. The molecule has 2 aromatic heterocycles. The van der Waals surface area contributed by atoms with E-state index in [2.05, 4.69) is 22.8 Å². The first-order valence-corrected chi connectivity index (χ1v) is 14.5. The maximum Gasteiger partial charge on any atom is 0.259 e. The molecular formula is C23H29IN5O4S2+. The lowest BCUT2D eigenvalue weighted by Gasteiger charge is -2.46. The van der Waals surface area contributed by atoms with Crippen LogP contribution in [-0.4, -0.2) is 60.0 Å². The minimum Gasteiger partial charge on any atom is -0.393 e. The fourth-order valence-electron chi connectivity index (χ4n) is 5.66. The van der Waals surface area contributed by atoms with Gasteiger partial charge in [0.05, 0.1) is 18.1 Å². The van der Waals surface area contributed by atoms with Crippen LogP contribution in [0.5, 0.6) is 0 Å². The van der Waals surface area contributed by atoms with E-state index in [1.165, 1.54) is 4.88 Å². The number of hydrogen-bond acceptors (Lipinski definition) is 7. The van der Waals surface area contributed by atoms with Crippen LogP contribution in [0.1, 0.15) is 31.0 Å². The Kier molecular flexibility index (Phi) is 6.79. The van der Waals surface area contributed by atoms with Gasteiger partial charge in [-0.25, -0.2) is 4.57 Å². The molecule has 0 bridgehead atoms. The van der Waals surface area contributed by atoms with Crippen LogP contribution in [-0.2, 0) is 27.3 Å². The maximum atomic E-state index is 12.7. The highest BCUT2D eigenvalue weighted by atomic mass is 127. The van der Waals surface area contributed by atoms with E-state index in [4.69, 9.17) is 5.73 Å². The summed E-state index contributed by atoms with van der Waals surface area (Å²) < 4.78 is 3.86. The number of fused-ring (bicyclic) bond motifs is 2. The van der Waals surface area contributed by atoms with Gasteiger partial charge in [-0.3, -0.25) is 14.4 Å². The molecule has 0 aliphatic carbocycles. The first kappa shape index (κ1) is 25.2. The number of carbonyl (C=O) groups is 3. The summed E-state index contributed by atoms with van der Waals surface area (Å²) in [4.78, 5) is 41.4. The van der Waals surface area contributed by atoms with Gasteiger partial charge in [0.1, 0.15) is 18.1 Å². The molecule has 0 unspecified atom stereocenters. The van der Waals surface area contributed by atoms with Gasteiger partial charge in [0.15, 0.2) is 6.54 Å². The highest BCUT2D eigenvalue weighted by molar-refractivity contribution is 14.1. The van der Waals surface area contributed by atoms with E-state index in [0.717, 1.165) is 34.9 Å². The molecule has 0 radical (unpaired) electrons. The topological polar surface area (TPSA) is 121 Å². The first-order chi connectivity index (χ1) is 16.6. The van der Waals surface area contributed by atoms with E-state index in [1.54, 1.807) is 57.5 Å². The number of primary amides is 1. The number of nitrogens with zero attached hydrogens (tertiary/aromatic N) is 3. The summed E-state index contributed by atoms with van der Waals surface area (Å²) in [6.07, 6.45) is 5.26. The van der Waals surface area contributed by atoms with E-state index in [0.29, 0.717) is 17.0 Å². The summed E-state index contributed by atoms with van der Waals surface area (Å²) in [5, 5.41) is 14.0. The zero-order valence-electron chi connectivity index (χ0n) is 19.7. The van der Waals surface area contributed by atoms with Crippen LogP contribution >= 0.6 is 45.7 Å². The molecule has 3 aliphatic rings. The van der Waals surface area contributed by atoms with Crippen LogP contribution in [0.2, 0.25) is 0 Å². The van der Waals surface area contributed by atoms with Gasteiger partial charge in [0.25, 0.3) is 11.7 Å². The summed E-state index contributed by atoms with van der Waals surface area (Å²) >= 11 is 5.21. The predicted octanol–water partition coefficient (Wildman–Crippen LogP) is 1.12. The van der Waals surface area contributed by atoms with Gasteiger partial charge in [-0.15, -0.1) is 11.8 Å². The molecule has 35 heavy (non-hydrogen) atoms. The number of thiazole rings is 1. The molecule has 4 N–H and O–H groups in total. The predicted molar refractivity (Wildman–Crippen MR) is 142 cm³/mol. The number of aryl methyl sites for hydroxylation is 1. The Labute approximate surface area is 225 Å². The normalized spacial score (nSPS) is 29.1. The second kappa shape index (κ2) is 9.43. The van der Waals surface area contributed by atoms with Crippen molar-refractivity contribution in [2.75, 3.05) is 6.54 Å². The third kappa shape index (κ3) is 4.34. The van der Waals surface area contributed by atoms with Crippen molar-refractivity contribution in [1.29, 1.82) is 0 Å². The average Bonchev–Trinajstić information content (AvgIpc) is 3.48. The number of nitrogens with one attached hydrogen (secondary N) is 1. The molecule has 12 heteroatoms. The number of imidazole rings is 1. The van der Waals surface area contributed by atoms with Crippen molar-refractivity contribution in [3.63, 3.8) is 0 Å². The van der Waals surface area contributed by atoms with Crippen molar-refractivity contribution < 1.29 is 24.1 Å². The van der Waals surface area contributed by atoms with Crippen molar-refractivity contribution in [2.45, 2.75) is 63.6 Å². The number of halogens is 1. The molecule has 0 aromatic carbocycles. The summed E-state index contributed by atoms with van der Waals surface area (Å²) in [6.45, 7) is 6.71. The summed E-state index contributed by atoms with van der Waals surface area (Å²) in [5.74, 6) is 0.0833. The minimum atomic E-state index is -0.718. The molecule has 9 nitrogen and oxygen atoms in total. The molecule has 5 heterocycles. The lowest BCUT2D eigenvalue weighted by molar-refractivity contribution is -0.688. The number of hydrogen-bond donors (Lipinski definition) is 3. The molecule has 6 atom stereocenters. The van der Waals surface area contributed by atoms with Crippen LogP contribution in [0.4, 0.5) is 0 Å². The number of rotatable bonds is 8. The second-order valence-electron chi connectivity index (χ2n) is 9.70. The first-order valence-electron chi connectivity index (χ1n) is 11.7. The molecule has 2 aromatic rings. The Morgan fingerprint density at radius 2 is 2.20 bits per heavy atom. The number of β-lactam (4-membered cyclic amide) rings is 1. The van der Waals surface area contributed by atoms with Crippen LogP contribution in [0.3, 0.4) is 0 Å². The molecule has 2 saturated heterocycles. The van der Waals surface area contributed by atoms with Gasteiger partial charge in [0.2, 0.25) is 14.5 Å². The van der Waals surface area contributed by atoms with Gasteiger partial charge >= 0.3 is 0 Å². The number of allylic oxidation sites excluding steroid dienone is 1. The highest BCUT2D eigenvalue weighted by Crippen LogP contribution is 2.52. The second-order valence-corrected chi connectivity index (χ2v) is 13.2. The average molecular weight is 631 g/mol. The molecule has 2 amide bonds. The summed E-state index contributed by atoms with van der Waals surface area (Å²) in [5.41, 5.74) is 5.86. The number of carbonyl (C=O) groups excluding carboxylic acids is 3. The SMILES string of the molecule is Cc1n2cc(C[C@@H]3C[C@H](SC4=C(C(=O)I)N5C(=O)[C@H]([C@@H](C)O)[C@H]5[C@H]4C)CN3)sc2c[n+]1CC(N)=O. The smallest absolute Gasteiger partial charge is 0.259 e. The molecule has 0 saturated carbocycles. The number of aliphatic hydroxyl groups is 1. The van der Waals surface area contributed by atoms with Crippen LogP contribution in [0, 0.1) is 18.8 Å². The Hall–Kier alpha value is -1.48. The number of thioether (sulfide) groups is 1. The Balaban J connectivity index is 1.26. The van der Waals surface area contributed by atoms with Crippen molar-refractivity contribution >= 4 is 66.1 Å². The lowest BCUT2D eigenvalue weighted by Crippen LogP contribution is -2.63. The van der Waals surface area contributed by atoms with Crippen molar-refractivity contribution in [3.05, 3.63) is 33.7 Å². The van der Waals surface area contributed by atoms with E-state index in [9.17, 15) is 19.5 Å². The fourth-order valence-corrected chi connectivity index (χ4v) is 9.09. The monoisotopic (exact) mass is 630 g/mol. The van der Waals surface area contributed by atoms with Crippen molar-refractivity contribution in [1.82, 2.24) is 14.6 Å². The standard InChI is InChI=1S/C23H28IN5O4S2/c1-10-19-18(11(2)30)23(33)29(19)20(22(24)32)21(10)35-14-4-13(26-6-14)5-15-7-28-12(3)27(8-16(25)31)9-17(28)34-15/h7,9-11,13-14,18-19,26,30H,4-6,8H2,1-3H3,(H-,25,31)/p+1/t10-,11-,13+,14+,18-,19-/m1/s1. The minimum absolute atomic E-state index is 0.0409. The Morgan fingerprint density at radius 1 is 1.46 bits per heavy atom. The van der Waals surface area contributed by atoms with Gasteiger partial charge < -0.3 is 21.1 Å². The van der Waals surface area contributed by atoms with Crippen molar-refractivity contribution in [2.24, 2.45) is 17.6 Å². The molecule has 188 valence electrons. The molecule has 0 spiro atoms. The van der Waals surface area contributed by atoms with Crippen molar-refractivity contribution in [3.8, 4) is 0 Å². The zero-order chi connectivity index (χ0) is 25.2. The Bertz CT molecular complexity index is 1250. The molecule has 2 fully saturated rings. The number of aliphatic hydroxyl groups excluding tert-OH is 1. The quantitative estimate of drug-likeness (QED) is 0.174. The molecule has 3 aliphatic heterocycles. The number of amides is 2. The number of aromatic nitrogens is 2. The molecule has 5 rings (SSSR count). The van der Waals surface area contributed by atoms with Gasteiger partial charge in [-0.2, -0.15) is 4.40 Å². The highest BCUT2D eigenvalue weighted by Gasteiger charge is 2.59. The summed E-state index contributed by atoms with van der Waals surface area (Å²) in [6, 6.07) is 0.202. The van der Waals surface area contributed by atoms with E-state index in [-0.39, 0.29) is 34.1 Å². The Morgan fingerprint density at radius 3 is 2.83 bits per heavy atom. The van der Waals surface area contributed by atoms with Crippen LogP contribution in [0.25, 0.3) is 4.83 Å².